The molecule has 31 heavy (non-hydrogen) atoms. The van der Waals surface area contributed by atoms with Gasteiger partial charge in [-0.2, -0.15) is 30.7 Å². The fourth-order valence-electron chi connectivity index (χ4n) is 2.37. The van der Waals surface area contributed by atoms with Crippen molar-refractivity contribution in [2.24, 2.45) is 5.73 Å². The number of aromatic nitrogens is 5. The molecule has 2 N–H and O–H groups in total. The maximum atomic E-state index is 13.3. The summed E-state index contributed by atoms with van der Waals surface area (Å²) in [4.78, 5) is 21.4. The lowest BCUT2D eigenvalue weighted by molar-refractivity contribution is -0.150. The van der Waals surface area contributed by atoms with Gasteiger partial charge in [0.2, 0.25) is 5.95 Å². The first-order chi connectivity index (χ1) is 14.3. The van der Waals surface area contributed by atoms with E-state index in [1.54, 1.807) is 0 Å². The van der Waals surface area contributed by atoms with Crippen LogP contribution in [0.15, 0.2) is 36.7 Å². The van der Waals surface area contributed by atoms with Crippen molar-refractivity contribution < 1.29 is 35.5 Å². The summed E-state index contributed by atoms with van der Waals surface area (Å²) in [5.41, 5.74) is 0.530. The Kier molecular flexibility index (Phi) is 5.48. The van der Waals surface area contributed by atoms with Gasteiger partial charge in [-0.1, -0.05) is 6.07 Å². The molecular weight excluding hydrogens is 437 g/mol. The molecule has 0 aromatic carbocycles. The van der Waals surface area contributed by atoms with Crippen LogP contribution in [-0.2, 0) is 17.1 Å². The van der Waals surface area contributed by atoms with Crippen molar-refractivity contribution >= 4 is 17.7 Å². The molecule has 0 spiro atoms. The summed E-state index contributed by atoms with van der Waals surface area (Å²) < 4.78 is 91.9. The Morgan fingerprint density at radius 2 is 1.61 bits per heavy atom. The number of pyridine rings is 2. The van der Waals surface area contributed by atoms with Gasteiger partial charge in [-0.3, -0.25) is 4.79 Å². The first-order valence-corrected chi connectivity index (χ1v) is 8.07. The molecule has 3 aromatic rings. The zero-order valence-corrected chi connectivity index (χ0v) is 14.9. The lowest BCUT2D eigenvalue weighted by atomic mass is 10.1. The van der Waals surface area contributed by atoms with Gasteiger partial charge in [-0.15, -0.1) is 5.10 Å². The molecule has 0 fully saturated rings. The van der Waals surface area contributed by atoms with Crippen LogP contribution in [0.5, 0.6) is 0 Å². The van der Waals surface area contributed by atoms with Gasteiger partial charge in [-0.25, -0.2) is 19.6 Å². The number of nitrogens with two attached hydrogens (primary N) is 1. The van der Waals surface area contributed by atoms with Gasteiger partial charge in [0.1, 0.15) is 17.7 Å². The summed E-state index contributed by atoms with van der Waals surface area (Å²) in [6, 6.07) is 4.21. The van der Waals surface area contributed by atoms with Gasteiger partial charge in [0.25, 0.3) is 5.91 Å². The quantitative estimate of drug-likeness (QED) is 0.376. The van der Waals surface area contributed by atoms with E-state index in [1.165, 1.54) is 12.1 Å². The first-order valence-electron chi connectivity index (χ1n) is 8.07. The minimum atomic E-state index is -5.15. The summed E-state index contributed by atoms with van der Waals surface area (Å²) in [5.74, 6) is -2.48. The van der Waals surface area contributed by atoms with Crippen molar-refractivity contribution in [3.8, 4) is 11.4 Å². The van der Waals surface area contributed by atoms with Gasteiger partial charge in [0.05, 0.1) is 11.3 Å². The molecule has 1 amide bonds. The number of nitrogens with zero attached hydrogens (tertiary/aromatic N) is 5. The number of primary amides is 1. The van der Waals surface area contributed by atoms with E-state index in [9.17, 15) is 35.5 Å². The summed E-state index contributed by atoms with van der Waals surface area (Å²) in [7, 11) is 0. The van der Waals surface area contributed by atoms with Crippen LogP contribution in [0.3, 0.4) is 0 Å². The van der Waals surface area contributed by atoms with E-state index < -0.39 is 47.0 Å². The molecule has 0 radical (unpaired) electrons. The average Bonchev–Trinajstić information content (AvgIpc) is 3.13. The normalized spacial score (nSPS) is 12.8. The second-order valence-corrected chi connectivity index (χ2v) is 5.92. The van der Waals surface area contributed by atoms with Gasteiger partial charge in [-0.05, 0) is 24.3 Å². The summed E-state index contributed by atoms with van der Waals surface area (Å²) in [6.07, 6.45) is -8.46. The van der Waals surface area contributed by atoms with E-state index in [4.69, 9.17) is 5.73 Å². The monoisotopic (exact) mass is 446 g/mol. The minimum absolute atomic E-state index is 0.174. The second kappa shape index (κ2) is 7.77. The lowest BCUT2D eigenvalue weighted by Crippen LogP contribution is -2.15. The number of rotatable bonds is 4. The average molecular weight is 446 g/mol. The number of alkyl halides is 6. The Balaban J connectivity index is 2.07. The fourth-order valence-corrected chi connectivity index (χ4v) is 2.37. The van der Waals surface area contributed by atoms with Crippen molar-refractivity contribution in [1.29, 1.82) is 0 Å². The third-order valence-corrected chi connectivity index (χ3v) is 3.69. The summed E-state index contributed by atoms with van der Waals surface area (Å²) in [6.45, 7) is 0. The number of carbonyl (C=O) groups is 1. The third kappa shape index (κ3) is 5.02. The Bertz CT molecular complexity index is 1130. The molecule has 3 aromatic heterocycles. The predicted octanol–water partition coefficient (Wildman–Crippen LogP) is 3.40. The third-order valence-electron chi connectivity index (χ3n) is 3.69. The van der Waals surface area contributed by atoms with Crippen LogP contribution in [0.1, 0.15) is 17.1 Å². The molecule has 0 aliphatic rings. The summed E-state index contributed by atoms with van der Waals surface area (Å²) >= 11 is 0. The first kappa shape index (κ1) is 21.9. The van der Waals surface area contributed by atoms with Crippen LogP contribution in [-0.4, -0.2) is 30.6 Å². The van der Waals surface area contributed by atoms with E-state index in [2.05, 4.69) is 20.1 Å². The van der Waals surface area contributed by atoms with E-state index in [-0.39, 0.29) is 11.3 Å². The maximum Gasteiger partial charge on any atom is 0.433 e. The molecule has 162 valence electrons. The molecule has 0 unspecified atom stereocenters. The highest BCUT2D eigenvalue weighted by molar-refractivity contribution is 6.21. The topological polar surface area (TPSA) is 99.6 Å². The van der Waals surface area contributed by atoms with Gasteiger partial charge >= 0.3 is 12.4 Å². The van der Waals surface area contributed by atoms with Crippen LogP contribution in [0.25, 0.3) is 23.2 Å². The molecule has 14 heteroatoms. The number of carbonyl (C=O) groups excluding carboxylic acids is 1. The lowest BCUT2D eigenvalue weighted by Gasteiger charge is -2.11. The molecule has 0 aliphatic heterocycles. The predicted molar refractivity (Wildman–Crippen MR) is 90.8 cm³/mol. The summed E-state index contributed by atoms with van der Waals surface area (Å²) in [5, 5.41) is 3.73. The van der Waals surface area contributed by atoms with E-state index in [0.29, 0.717) is 12.1 Å². The van der Waals surface area contributed by atoms with Crippen LogP contribution in [0, 0.1) is 5.95 Å². The largest absolute Gasteiger partial charge is 0.433 e. The highest BCUT2D eigenvalue weighted by Crippen LogP contribution is 2.35. The second-order valence-electron chi connectivity index (χ2n) is 5.92. The van der Waals surface area contributed by atoms with Crippen molar-refractivity contribution in [2.45, 2.75) is 12.4 Å². The SMILES string of the molecule is NC(=O)/C(=C/n1cnc(-c2cc(C(F)(F)F)nc(C(F)(F)F)c2)n1)c1cccc(F)n1. The van der Waals surface area contributed by atoms with Crippen LogP contribution in [0.4, 0.5) is 30.7 Å². The molecule has 3 rings (SSSR count). The fraction of sp³-hybridized carbons (Fsp3) is 0.118. The van der Waals surface area contributed by atoms with E-state index in [0.717, 1.165) is 23.3 Å². The number of halogens is 7. The Morgan fingerprint density at radius 1 is 1.00 bits per heavy atom. The molecule has 0 atom stereocenters. The Hall–Kier alpha value is -3.84. The Labute approximate surface area is 168 Å². The van der Waals surface area contributed by atoms with E-state index >= 15 is 0 Å². The van der Waals surface area contributed by atoms with Crippen molar-refractivity contribution in [3.63, 3.8) is 0 Å². The van der Waals surface area contributed by atoms with Crippen LogP contribution >= 0.6 is 0 Å². The van der Waals surface area contributed by atoms with Crippen molar-refractivity contribution in [2.75, 3.05) is 0 Å². The molecule has 0 aliphatic carbocycles. The maximum absolute atomic E-state index is 13.3. The zero-order chi connectivity index (χ0) is 23.0. The van der Waals surface area contributed by atoms with Crippen molar-refractivity contribution in [3.05, 3.63) is 59.7 Å². The van der Waals surface area contributed by atoms with Crippen LogP contribution in [0.2, 0.25) is 0 Å². The zero-order valence-electron chi connectivity index (χ0n) is 14.9. The highest BCUT2D eigenvalue weighted by atomic mass is 19.4. The number of amides is 1. The molecule has 3 heterocycles. The molecular formula is C17H9F7N6O. The van der Waals surface area contributed by atoms with Crippen molar-refractivity contribution in [1.82, 2.24) is 24.7 Å². The highest BCUT2D eigenvalue weighted by Gasteiger charge is 2.39. The number of hydrogen-bond donors (Lipinski definition) is 1. The minimum Gasteiger partial charge on any atom is -0.365 e. The molecule has 0 saturated carbocycles. The van der Waals surface area contributed by atoms with E-state index in [1.807, 2.05) is 0 Å². The number of hydrogen-bond acceptors (Lipinski definition) is 5. The van der Waals surface area contributed by atoms with Gasteiger partial charge in [0, 0.05) is 11.8 Å². The van der Waals surface area contributed by atoms with Gasteiger partial charge in [0.15, 0.2) is 5.82 Å². The Morgan fingerprint density at radius 3 is 2.13 bits per heavy atom. The smallest absolute Gasteiger partial charge is 0.365 e. The molecule has 0 saturated heterocycles. The standard InChI is InChI=1S/C17H9F7N6O/c18-13-3-1-2-10(27-13)9(14(25)31)6-30-7-26-15(29-30)8-4-11(16(19,20)21)28-12(5-8)17(22,23)24/h1-7H,(H2,25,31)/b9-6+. The molecule has 0 bridgehead atoms. The van der Waals surface area contributed by atoms with Gasteiger partial charge < -0.3 is 5.73 Å². The van der Waals surface area contributed by atoms with Crippen LogP contribution < -0.4 is 5.73 Å². The molecule has 7 nitrogen and oxygen atoms in total.